The summed E-state index contributed by atoms with van der Waals surface area (Å²) in [6.07, 6.45) is 1.61. The number of rotatable bonds is 3. The molecule has 2 aromatic carbocycles. The van der Waals surface area contributed by atoms with Crippen molar-refractivity contribution in [1.29, 1.82) is 0 Å². The van der Waals surface area contributed by atoms with Crippen LogP contribution in [0.5, 0.6) is 0 Å². The summed E-state index contributed by atoms with van der Waals surface area (Å²) in [6.45, 7) is 2.34. The highest BCUT2D eigenvalue weighted by Gasteiger charge is 2.16. The number of para-hydroxylation sites is 1. The standard InChI is InChI=1S/C17H14F2N2O/c1-2-20-11-14(12-6-5-7-13(18)10-12)17(22)21(20)16-9-4-3-8-15(16)19/h3-11H,2H2,1H3. The zero-order valence-electron chi connectivity index (χ0n) is 12.0. The van der Waals surface area contributed by atoms with Gasteiger partial charge in [0.1, 0.15) is 17.3 Å². The van der Waals surface area contributed by atoms with E-state index in [-0.39, 0.29) is 11.2 Å². The van der Waals surface area contributed by atoms with Crippen molar-refractivity contribution in [1.82, 2.24) is 9.36 Å². The Labute approximate surface area is 126 Å². The molecule has 0 aliphatic heterocycles. The minimum atomic E-state index is -0.483. The highest BCUT2D eigenvalue weighted by atomic mass is 19.1. The third-order valence-electron chi connectivity index (χ3n) is 3.50. The van der Waals surface area contributed by atoms with Gasteiger partial charge in [-0.15, -0.1) is 0 Å². The third kappa shape index (κ3) is 2.35. The molecule has 0 spiro atoms. The van der Waals surface area contributed by atoms with E-state index in [1.165, 1.54) is 28.9 Å². The summed E-state index contributed by atoms with van der Waals surface area (Å²) < 4.78 is 30.3. The normalized spacial score (nSPS) is 10.9. The van der Waals surface area contributed by atoms with E-state index in [0.29, 0.717) is 17.7 Å². The van der Waals surface area contributed by atoms with E-state index in [2.05, 4.69) is 0 Å². The van der Waals surface area contributed by atoms with Gasteiger partial charge in [-0.05, 0) is 36.8 Å². The van der Waals surface area contributed by atoms with Crippen LogP contribution in [0.25, 0.3) is 16.8 Å². The van der Waals surface area contributed by atoms with Crippen LogP contribution in [-0.2, 0) is 6.54 Å². The average Bonchev–Trinajstić information content (AvgIpc) is 2.84. The van der Waals surface area contributed by atoms with E-state index >= 15 is 0 Å². The van der Waals surface area contributed by atoms with E-state index in [1.807, 2.05) is 6.92 Å². The van der Waals surface area contributed by atoms with Gasteiger partial charge in [-0.2, -0.15) is 0 Å². The van der Waals surface area contributed by atoms with Crippen molar-refractivity contribution in [2.75, 3.05) is 0 Å². The number of nitrogens with zero attached hydrogens (tertiary/aromatic N) is 2. The van der Waals surface area contributed by atoms with Crippen molar-refractivity contribution < 1.29 is 8.78 Å². The van der Waals surface area contributed by atoms with Gasteiger partial charge in [0.25, 0.3) is 5.56 Å². The number of hydrogen-bond donors (Lipinski definition) is 0. The molecule has 3 rings (SSSR count). The largest absolute Gasteiger partial charge is 0.285 e. The molecule has 1 aromatic heterocycles. The van der Waals surface area contributed by atoms with Crippen LogP contribution in [0.1, 0.15) is 6.92 Å². The molecule has 0 radical (unpaired) electrons. The van der Waals surface area contributed by atoms with Crippen LogP contribution in [0, 0.1) is 11.6 Å². The van der Waals surface area contributed by atoms with Gasteiger partial charge in [0.05, 0.1) is 5.56 Å². The molecule has 0 saturated carbocycles. The lowest BCUT2D eigenvalue weighted by atomic mass is 10.1. The number of aromatic nitrogens is 2. The third-order valence-corrected chi connectivity index (χ3v) is 3.50. The highest BCUT2D eigenvalue weighted by molar-refractivity contribution is 5.62. The van der Waals surface area contributed by atoms with Crippen LogP contribution in [-0.4, -0.2) is 9.36 Å². The summed E-state index contributed by atoms with van der Waals surface area (Å²) in [5.74, 6) is -0.901. The zero-order chi connectivity index (χ0) is 15.7. The minimum absolute atomic E-state index is 0.178. The molecule has 3 aromatic rings. The smallest absolute Gasteiger partial charge is 0.279 e. The van der Waals surface area contributed by atoms with Crippen LogP contribution in [0.4, 0.5) is 8.78 Å². The van der Waals surface area contributed by atoms with E-state index in [4.69, 9.17) is 0 Å². The molecule has 3 nitrogen and oxygen atoms in total. The Morgan fingerprint density at radius 2 is 1.82 bits per heavy atom. The van der Waals surface area contributed by atoms with Crippen molar-refractivity contribution in [3.05, 3.63) is 76.7 Å². The maximum atomic E-state index is 14.0. The molecule has 0 saturated heterocycles. The molecular formula is C17H14F2N2O. The van der Waals surface area contributed by atoms with Gasteiger partial charge in [-0.25, -0.2) is 13.5 Å². The Morgan fingerprint density at radius 3 is 2.50 bits per heavy atom. The number of hydrogen-bond acceptors (Lipinski definition) is 1. The first kappa shape index (κ1) is 14.3. The first-order valence-electron chi connectivity index (χ1n) is 6.95. The summed E-state index contributed by atoms with van der Waals surface area (Å²) in [4.78, 5) is 12.7. The maximum absolute atomic E-state index is 14.0. The lowest BCUT2D eigenvalue weighted by Crippen LogP contribution is -2.22. The molecular weight excluding hydrogens is 286 g/mol. The molecule has 0 amide bonds. The SMILES string of the molecule is CCn1cc(-c2cccc(F)c2)c(=O)n1-c1ccccc1F. The number of benzene rings is 2. The Hall–Kier alpha value is -2.69. The molecule has 1 heterocycles. The zero-order valence-corrected chi connectivity index (χ0v) is 12.0. The van der Waals surface area contributed by atoms with Gasteiger partial charge in [0, 0.05) is 12.7 Å². The second-order valence-corrected chi connectivity index (χ2v) is 4.88. The van der Waals surface area contributed by atoms with Crippen molar-refractivity contribution in [2.45, 2.75) is 13.5 Å². The Morgan fingerprint density at radius 1 is 1.05 bits per heavy atom. The molecule has 0 atom stereocenters. The van der Waals surface area contributed by atoms with Gasteiger partial charge in [0.2, 0.25) is 0 Å². The molecule has 0 unspecified atom stereocenters. The fourth-order valence-corrected chi connectivity index (χ4v) is 2.45. The number of halogens is 2. The van der Waals surface area contributed by atoms with E-state index < -0.39 is 11.6 Å². The second kappa shape index (κ2) is 5.60. The summed E-state index contributed by atoms with van der Waals surface area (Å²) in [5, 5.41) is 0. The van der Waals surface area contributed by atoms with E-state index in [0.717, 1.165) is 0 Å². The van der Waals surface area contributed by atoms with Gasteiger partial charge in [-0.3, -0.25) is 9.48 Å². The van der Waals surface area contributed by atoms with Gasteiger partial charge < -0.3 is 0 Å². The summed E-state index contributed by atoms with van der Waals surface area (Å²) >= 11 is 0. The molecule has 0 fully saturated rings. The van der Waals surface area contributed by atoms with Crippen molar-refractivity contribution >= 4 is 0 Å². The quantitative estimate of drug-likeness (QED) is 0.726. The molecule has 0 bridgehead atoms. The summed E-state index contributed by atoms with van der Waals surface area (Å²) in [7, 11) is 0. The monoisotopic (exact) mass is 300 g/mol. The Kier molecular flexibility index (Phi) is 3.63. The Bertz CT molecular complexity index is 880. The fourth-order valence-electron chi connectivity index (χ4n) is 2.45. The van der Waals surface area contributed by atoms with Crippen LogP contribution in [0.15, 0.2) is 59.5 Å². The van der Waals surface area contributed by atoms with Gasteiger partial charge in [0.15, 0.2) is 0 Å². The Balaban J connectivity index is 2.25. The molecule has 22 heavy (non-hydrogen) atoms. The van der Waals surface area contributed by atoms with Crippen LogP contribution in [0.2, 0.25) is 0 Å². The first-order chi connectivity index (χ1) is 10.6. The lowest BCUT2D eigenvalue weighted by molar-refractivity contribution is 0.541. The molecule has 0 N–H and O–H groups in total. The molecule has 0 aliphatic carbocycles. The summed E-state index contributed by atoms with van der Waals surface area (Å²) in [5.41, 5.74) is 0.612. The lowest BCUT2D eigenvalue weighted by Gasteiger charge is -2.09. The maximum Gasteiger partial charge on any atom is 0.279 e. The van der Waals surface area contributed by atoms with E-state index in [1.54, 1.807) is 35.1 Å². The molecule has 112 valence electrons. The predicted octanol–water partition coefficient (Wildman–Crippen LogP) is 3.60. The van der Waals surface area contributed by atoms with E-state index in [9.17, 15) is 13.6 Å². The predicted molar refractivity (Wildman–Crippen MR) is 81.1 cm³/mol. The molecule has 0 aliphatic rings. The molecule has 5 heteroatoms. The second-order valence-electron chi connectivity index (χ2n) is 4.88. The van der Waals surface area contributed by atoms with Gasteiger partial charge >= 0.3 is 0 Å². The van der Waals surface area contributed by atoms with Crippen molar-refractivity contribution in [3.8, 4) is 16.8 Å². The highest BCUT2D eigenvalue weighted by Crippen LogP contribution is 2.19. The first-order valence-corrected chi connectivity index (χ1v) is 6.95. The fraction of sp³-hybridized carbons (Fsp3) is 0.118. The van der Waals surface area contributed by atoms with Crippen molar-refractivity contribution in [2.24, 2.45) is 0 Å². The average molecular weight is 300 g/mol. The van der Waals surface area contributed by atoms with Crippen LogP contribution in [0.3, 0.4) is 0 Å². The van der Waals surface area contributed by atoms with Gasteiger partial charge in [-0.1, -0.05) is 24.3 Å². The summed E-state index contributed by atoms with van der Waals surface area (Å²) in [6, 6.07) is 11.9. The minimum Gasteiger partial charge on any atom is -0.285 e. The van der Waals surface area contributed by atoms with Crippen LogP contribution >= 0.6 is 0 Å². The topological polar surface area (TPSA) is 26.9 Å². The van der Waals surface area contributed by atoms with Crippen molar-refractivity contribution in [3.63, 3.8) is 0 Å². The number of aryl methyl sites for hydroxylation is 1. The van der Waals surface area contributed by atoms with Crippen LogP contribution < -0.4 is 5.56 Å².